The second-order valence-corrected chi connectivity index (χ2v) is 6.24. The molecule has 1 aromatic heterocycles. The maximum Gasteiger partial charge on any atom is 0.158 e. The Bertz CT molecular complexity index is 482. The van der Waals surface area contributed by atoms with Crippen LogP contribution in [0.3, 0.4) is 0 Å². The fourth-order valence-corrected chi connectivity index (χ4v) is 3.52. The van der Waals surface area contributed by atoms with E-state index in [4.69, 9.17) is 20.4 Å². The van der Waals surface area contributed by atoms with Crippen molar-refractivity contribution in [3.05, 3.63) is 22.8 Å². The Hall–Kier alpha value is -1.04. The van der Waals surface area contributed by atoms with Crippen molar-refractivity contribution in [3.8, 4) is 0 Å². The summed E-state index contributed by atoms with van der Waals surface area (Å²) in [7, 11) is 0. The van der Waals surface area contributed by atoms with E-state index in [1.807, 2.05) is 0 Å². The number of ether oxygens (including phenoxy) is 1. The average molecular weight is 290 g/mol. The number of fused-ring (bicyclic) bond motifs is 1. The third-order valence-corrected chi connectivity index (χ3v) is 4.75. The van der Waals surface area contributed by atoms with Gasteiger partial charge in [0.05, 0.1) is 6.61 Å². The Morgan fingerprint density at radius 1 is 1.29 bits per heavy atom. The lowest BCUT2D eigenvalue weighted by Gasteiger charge is -2.34. The Morgan fingerprint density at radius 3 is 2.76 bits per heavy atom. The molecule has 0 amide bonds. The molecule has 5 nitrogen and oxygen atoms in total. The van der Waals surface area contributed by atoms with Gasteiger partial charge < -0.3 is 10.5 Å². The number of hydrogen-bond acceptors (Lipinski definition) is 5. The van der Waals surface area contributed by atoms with Gasteiger partial charge in [-0.3, -0.25) is 4.90 Å². The van der Waals surface area contributed by atoms with E-state index in [0.29, 0.717) is 12.6 Å². The molecule has 2 aliphatic heterocycles. The number of nitrogens with two attached hydrogens (primary N) is 1. The van der Waals surface area contributed by atoms with Crippen LogP contribution in [0.2, 0.25) is 0 Å². The van der Waals surface area contributed by atoms with Crippen LogP contribution in [0.15, 0.2) is 0 Å². The molecule has 0 spiro atoms. The highest BCUT2D eigenvalue weighted by Gasteiger charge is 2.34. The molecule has 0 aliphatic carbocycles. The quantitative estimate of drug-likeness (QED) is 0.911. The Balaban J connectivity index is 1.76. The molecule has 5 heteroatoms. The molecular weight excluding hydrogens is 264 g/mol. The Labute approximate surface area is 126 Å². The predicted octanol–water partition coefficient (Wildman–Crippen LogP) is 1.52. The predicted molar refractivity (Wildman–Crippen MR) is 82.2 cm³/mol. The average Bonchev–Trinajstić information content (AvgIpc) is 2.93. The number of morpholine rings is 1. The summed E-state index contributed by atoms with van der Waals surface area (Å²) < 4.78 is 6.02. The Kier molecular flexibility index (Phi) is 4.52. The van der Waals surface area contributed by atoms with E-state index in [1.165, 1.54) is 24.9 Å². The molecule has 1 aromatic rings. The number of rotatable bonds is 4. The van der Waals surface area contributed by atoms with Gasteiger partial charge in [-0.1, -0.05) is 0 Å². The smallest absolute Gasteiger partial charge is 0.158 e. The molecule has 3 heterocycles. The summed E-state index contributed by atoms with van der Waals surface area (Å²) in [5.41, 5.74) is 9.02. The van der Waals surface area contributed by atoms with Gasteiger partial charge in [-0.2, -0.15) is 0 Å². The summed E-state index contributed by atoms with van der Waals surface area (Å²) in [5.74, 6) is 0.854. The topological polar surface area (TPSA) is 64.3 Å². The van der Waals surface area contributed by atoms with Crippen LogP contribution in [0.5, 0.6) is 0 Å². The molecule has 2 aliphatic rings. The molecule has 0 bridgehead atoms. The van der Waals surface area contributed by atoms with Crippen LogP contribution in [0.1, 0.15) is 48.1 Å². The van der Waals surface area contributed by atoms with Crippen LogP contribution in [-0.2, 0) is 11.2 Å². The van der Waals surface area contributed by atoms with Crippen molar-refractivity contribution in [3.63, 3.8) is 0 Å². The second kappa shape index (κ2) is 6.38. The van der Waals surface area contributed by atoms with Crippen LogP contribution in [-0.4, -0.2) is 47.2 Å². The van der Waals surface area contributed by atoms with Gasteiger partial charge in [0.1, 0.15) is 6.10 Å². The SMILES string of the molecule is Cc1nc(C2CN3CCCC3CO2)nc(C)c1CCCN. The summed E-state index contributed by atoms with van der Waals surface area (Å²) in [6.07, 6.45) is 4.54. The molecule has 2 unspecified atom stereocenters. The normalized spacial score (nSPS) is 26.0. The largest absolute Gasteiger partial charge is 0.367 e. The molecule has 3 rings (SSSR count). The molecule has 116 valence electrons. The lowest BCUT2D eigenvalue weighted by atomic mass is 10.1. The van der Waals surface area contributed by atoms with Crippen molar-refractivity contribution in [1.82, 2.24) is 14.9 Å². The fraction of sp³-hybridized carbons (Fsp3) is 0.750. The molecular formula is C16H26N4O. The van der Waals surface area contributed by atoms with Crippen LogP contribution in [0.4, 0.5) is 0 Å². The first kappa shape index (κ1) is 14.9. The van der Waals surface area contributed by atoms with Gasteiger partial charge in [0.25, 0.3) is 0 Å². The van der Waals surface area contributed by atoms with Crippen LogP contribution in [0, 0.1) is 13.8 Å². The van der Waals surface area contributed by atoms with Gasteiger partial charge >= 0.3 is 0 Å². The lowest BCUT2D eigenvalue weighted by molar-refractivity contribution is -0.0542. The summed E-state index contributed by atoms with van der Waals surface area (Å²) in [4.78, 5) is 12.0. The minimum Gasteiger partial charge on any atom is -0.367 e. The van der Waals surface area contributed by atoms with Crippen molar-refractivity contribution in [2.75, 3.05) is 26.2 Å². The number of aromatic nitrogens is 2. The highest BCUT2D eigenvalue weighted by molar-refractivity contribution is 5.25. The third-order valence-electron chi connectivity index (χ3n) is 4.75. The van der Waals surface area contributed by atoms with Gasteiger partial charge in [-0.25, -0.2) is 9.97 Å². The van der Waals surface area contributed by atoms with E-state index in [9.17, 15) is 0 Å². The lowest BCUT2D eigenvalue weighted by Crippen LogP contribution is -2.43. The molecule has 2 atom stereocenters. The molecule has 0 radical (unpaired) electrons. The van der Waals surface area contributed by atoms with Crippen LogP contribution >= 0.6 is 0 Å². The third kappa shape index (κ3) is 3.10. The highest BCUT2D eigenvalue weighted by Crippen LogP contribution is 2.29. The first-order chi connectivity index (χ1) is 10.2. The number of aryl methyl sites for hydroxylation is 2. The molecule has 2 N–H and O–H groups in total. The van der Waals surface area contributed by atoms with E-state index in [1.54, 1.807) is 0 Å². The zero-order valence-electron chi connectivity index (χ0n) is 13.1. The van der Waals surface area contributed by atoms with Crippen molar-refractivity contribution < 1.29 is 4.74 Å². The van der Waals surface area contributed by atoms with Gasteiger partial charge in [0.2, 0.25) is 0 Å². The van der Waals surface area contributed by atoms with Gasteiger partial charge in [-0.15, -0.1) is 0 Å². The zero-order chi connectivity index (χ0) is 14.8. The monoisotopic (exact) mass is 290 g/mol. The van der Waals surface area contributed by atoms with Gasteiger partial charge in [0, 0.05) is 24.0 Å². The van der Waals surface area contributed by atoms with Crippen molar-refractivity contribution >= 4 is 0 Å². The fourth-order valence-electron chi connectivity index (χ4n) is 3.52. The van der Waals surface area contributed by atoms with E-state index in [2.05, 4.69) is 18.7 Å². The van der Waals surface area contributed by atoms with Gasteiger partial charge in [-0.05, 0) is 58.2 Å². The first-order valence-corrected chi connectivity index (χ1v) is 8.08. The standard InChI is InChI=1S/C16H26N4O/c1-11-14(6-3-7-17)12(2)19-16(18-11)15-9-20-8-4-5-13(20)10-21-15/h13,15H,3-10,17H2,1-2H3. The summed E-state index contributed by atoms with van der Waals surface area (Å²) in [5, 5.41) is 0. The number of hydrogen-bond donors (Lipinski definition) is 1. The van der Waals surface area contributed by atoms with E-state index in [0.717, 1.165) is 43.2 Å². The van der Waals surface area contributed by atoms with E-state index < -0.39 is 0 Å². The molecule has 0 aromatic carbocycles. The Morgan fingerprint density at radius 2 is 2.05 bits per heavy atom. The molecule has 21 heavy (non-hydrogen) atoms. The second-order valence-electron chi connectivity index (χ2n) is 6.24. The minimum absolute atomic E-state index is 0.0281. The maximum absolute atomic E-state index is 6.02. The molecule has 2 fully saturated rings. The first-order valence-electron chi connectivity index (χ1n) is 8.08. The van der Waals surface area contributed by atoms with Crippen LogP contribution in [0.25, 0.3) is 0 Å². The van der Waals surface area contributed by atoms with E-state index in [-0.39, 0.29) is 6.10 Å². The van der Waals surface area contributed by atoms with E-state index >= 15 is 0 Å². The summed E-state index contributed by atoms with van der Waals surface area (Å²) in [6, 6.07) is 0.618. The zero-order valence-corrected chi connectivity index (χ0v) is 13.1. The minimum atomic E-state index is 0.0281. The molecule has 2 saturated heterocycles. The summed E-state index contributed by atoms with van der Waals surface area (Å²) in [6.45, 7) is 7.81. The van der Waals surface area contributed by atoms with Crippen molar-refractivity contribution in [2.45, 2.75) is 51.7 Å². The number of nitrogens with zero attached hydrogens (tertiary/aromatic N) is 3. The van der Waals surface area contributed by atoms with Crippen molar-refractivity contribution in [1.29, 1.82) is 0 Å². The maximum atomic E-state index is 6.02. The highest BCUT2D eigenvalue weighted by atomic mass is 16.5. The summed E-state index contributed by atoms with van der Waals surface area (Å²) >= 11 is 0. The van der Waals surface area contributed by atoms with Crippen molar-refractivity contribution in [2.24, 2.45) is 5.73 Å². The molecule has 0 saturated carbocycles. The van der Waals surface area contributed by atoms with Crippen LogP contribution < -0.4 is 5.73 Å². The van der Waals surface area contributed by atoms with Gasteiger partial charge in [0.15, 0.2) is 5.82 Å².